The summed E-state index contributed by atoms with van der Waals surface area (Å²) in [6.07, 6.45) is 6.35. The third kappa shape index (κ3) is 5.92. The molecule has 90 valence electrons. The molecule has 0 aliphatic rings. The van der Waals surface area contributed by atoms with Crippen LogP contribution in [0.5, 0.6) is 0 Å². The SMILES string of the molecule is CCCC(C)NCCCCc1ccccc1. The molecule has 0 aromatic heterocycles. The fraction of sp³-hybridized carbons (Fsp3) is 0.600. The molecule has 0 radical (unpaired) electrons. The van der Waals surface area contributed by atoms with Crippen molar-refractivity contribution in [2.24, 2.45) is 0 Å². The van der Waals surface area contributed by atoms with Crippen molar-refractivity contribution in [2.75, 3.05) is 6.54 Å². The summed E-state index contributed by atoms with van der Waals surface area (Å²) >= 11 is 0. The van der Waals surface area contributed by atoms with E-state index in [1.165, 1.54) is 37.7 Å². The van der Waals surface area contributed by atoms with Crippen LogP contribution in [0.4, 0.5) is 0 Å². The topological polar surface area (TPSA) is 12.0 Å². The van der Waals surface area contributed by atoms with E-state index < -0.39 is 0 Å². The predicted octanol–water partition coefficient (Wildman–Crippen LogP) is 3.79. The van der Waals surface area contributed by atoms with Gasteiger partial charge in [0.25, 0.3) is 0 Å². The van der Waals surface area contributed by atoms with Crippen LogP contribution in [0.1, 0.15) is 45.1 Å². The number of aryl methyl sites for hydroxylation is 1. The molecule has 0 bridgehead atoms. The maximum atomic E-state index is 3.57. The second kappa shape index (κ2) is 8.35. The van der Waals surface area contributed by atoms with E-state index in [1.54, 1.807) is 0 Å². The van der Waals surface area contributed by atoms with Crippen LogP contribution in [0, 0.1) is 0 Å². The Bertz CT molecular complexity index is 255. The van der Waals surface area contributed by atoms with E-state index in [1.807, 2.05) is 0 Å². The zero-order chi connectivity index (χ0) is 11.6. The van der Waals surface area contributed by atoms with Crippen molar-refractivity contribution >= 4 is 0 Å². The highest BCUT2D eigenvalue weighted by atomic mass is 14.9. The van der Waals surface area contributed by atoms with Crippen molar-refractivity contribution in [1.29, 1.82) is 0 Å². The first-order chi connectivity index (χ1) is 7.83. The highest BCUT2D eigenvalue weighted by molar-refractivity contribution is 5.14. The Kier molecular flexibility index (Phi) is 6.91. The van der Waals surface area contributed by atoms with E-state index >= 15 is 0 Å². The molecular weight excluding hydrogens is 194 g/mol. The van der Waals surface area contributed by atoms with Gasteiger partial charge in [0, 0.05) is 6.04 Å². The van der Waals surface area contributed by atoms with Crippen molar-refractivity contribution in [3.8, 4) is 0 Å². The third-order valence-corrected chi connectivity index (χ3v) is 2.95. The Hall–Kier alpha value is -0.820. The monoisotopic (exact) mass is 219 g/mol. The number of hydrogen-bond donors (Lipinski definition) is 1. The van der Waals surface area contributed by atoms with Crippen molar-refractivity contribution in [3.63, 3.8) is 0 Å². The second-order valence-corrected chi connectivity index (χ2v) is 4.59. The molecule has 0 aliphatic heterocycles. The van der Waals surface area contributed by atoms with Crippen LogP contribution in [0.3, 0.4) is 0 Å². The number of nitrogens with one attached hydrogen (secondary N) is 1. The van der Waals surface area contributed by atoms with Gasteiger partial charge in [-0.2, -0.15) is 0 Å². The van der Waals surface area contributed by atoms with E-state index in [-0.39, 0.29) is 0 Å². The van der Waals surface area contributed by atoms with Crippen LogP contribution >= 0.6 is 0 Å². The van der Waals surface area contributed by atoms with E-state index in [4.69, 9.17) is 0 Å². The molecule has 1 nitrogen and oxygen atoms in total. The molecule has 0 saturated carbocycles. The molecule has 1 heteroatoms. The summed E-state index contributed by atoms with van der Waals surface area (Å²) in [5.74, 6) is 0. The maximum absolute atomic E-state index is 3.57. The van der Waals surface area contributed by atoms with Crippen LogP contribution in [0.25, 0.3) is 0 Å². The Morgan fingerprint density at radius 2 is 1.88 bits per heavy atom. The molecule has 1 unspecified atom stereocenters. The van der Waals surface area contributed by atoms with Gasteiger partial charge < -0.3 is 5.32 Å². The van der Waals surface area contributed by atoms with Gasteiger partial charge in [-0.05, 0) is 44.7 Å². The Morgan fingerprint density at radius 1 is 1.12 bits per heavy atom. The average molecular weight is 219 g/mol. The molecule has 16 heavy (non-hydrogen) atoms. The predicted molar refractivity (Wildman–Crippen MR) is 71.8 cm³/mol. The summed E-state index contributed by atoms with van der Waals surface area (Å²) in [7, 11) is 0. The lowest BCUT2D eigenvalue weighted by Gasteiger charge is -2.12. The molecule has 1 aromatic rings. The van der Waals surface area contributed by atoms with Gasteiger partial charge in [-0.25, -0.2) is 0 Å². The number of hydrogen-bond acceptors (Lipinski definition) is 1. The summed E-state index contributed by atoms with van der Waals surface area (Å²) in [4.78, 5) is 0. The highest BCUT2D eigenvalue weighted by Crippen LogP contribution is 2.04. The third-order valence-electron chi connectivity index (χ3n) is 2.95. The van der Waals surface area contributed by atoms with Gasteiger partial charge in [-0.1, -0.05) is 43.7 Å². The van der Waals surface area contributed by atoms with E-state index in [0.29, 0.717) is 6.04 Å². The maximum Gasteiger partial charge on any atom is 0.00386 e. The van der Waals surface area contributed by atoms with Crippen molar-refractivity contribution in [3.05, 3.63) is 35.9 Å². The zero-order valence-corrected chi connectivity index (χ0v) is 10.7. The van der Waals surface area contributed by atoms with E-state index in [0.717, 1.165) is 6.54 Å². The molecule has 0 spiro atoms. The van der Waals surface area contributed by atoms with Crippen molar-refractivity contribution in [2.45, 2.75) is 52.0 Å². The smallest absolute Gasteiger partial charge is 0.00386 e. The van der Waals surface area contributed by atoms with Crippen molar-refractivity contribution in [1.82, 2.24) is 5.32 Å². The fourth-order valence-corrected chi connectivity index (χ4v) is 1.98. The summed E-state index contributed by atoms with van der Waals surface area (Å²) in [6.45, 7) is 5.68. The number of rotatable bonds is 8. The first-order valence-electron chi connectivity index (χ1n) is 6.60. The zero-order valence-electron chi connectivity index (χ0n) is 10.7. The Morgan fingerprint density at radius 3 is 2.56 bits per heavy atom. The Balaban J connectivity index is 2.00. The lowest BCUT2D eigenvalue weighted by atomic mass is 10.1. The molecule has 1 aromatic carbocycles. The minimum atomic E-state index is 0.682. The summed E-state index contributed by atoms with van der Waals surface area (Å²) in [5, 5.41) is 3.57. The first-order valence-corrected chi connectivity index (χ1v) is 6.60. The summed E-state index contributed by atoms with van der Waals surface area (Å²) in [6, 6.07) is 11.4. The number of benzene rings is 1. The lowest BCUT2D eigenvalue weighted by Crippen LogP contribution is -2.26. The Labute approximate surface area is 100 Å². The minimum Gasteiger partial charge on any atom is -0.314 e. The highest BCUT2D eigenvalue weighted by Gasteiger charge is 1.98. The van der Waals surface area contributed by atoms with E-state index in [2.05, 4.69) is 49.5 Å². The van der Waals surface area contributed by atoms with E-state index in [9.17, 15) is 0 Å². The van der Waals surface area contributed by atoms with Gasteiger partial charge in [-0.15, -0.1) is 0 Å². The molecule has 0 aliphatic carbocycles. The molecule has 0 heterocycles. The van der Waals surface area contributed by atoms with Crippen LogP contribution in [-0.4, -0.2) is 12.6 Å². The van der Waals surface area contributed by atoms with Crippen LogP contribution in [-0.2, 0) is 6.42 Å². The van der Waals surface area contributed by atoms with Gasteiger partial charge in [0.2, 0.25) is 0 Å². The largest absolute Gasteiger partial charge is 0.314 e. The van der Waals surface area contributed by atoms with Crippen LogP contribution in [0.2, 0.25) is 0 Å². The molecular formula is C15H25N. The second-order valence-electron chi connectivity index (χ2n) is 4.59. The fourth-order valence-electron chi connectivity index (χ4n) is 1.98. The van der Waals surface area contributed by atoms with Crippen LogP contribution in [0.15, 0.2) is 30.3 Å². The molecule has 0 amide bonds. The quantitative estimate of drug-likeness (QED) is 0.656. The van der Waals surface area contributed by atoms with Crippen LogP contribution < -0.4 is 5.32 Å². The molecule has 1 N–H and O–H groups in total. The lowest BCUT2D eigenvalue weighted by molar-refractivity contribution is 0.495. The molecule has 0 fully saturated rings. The van der Waals surface area contributed by atoms with Crippen molar-refractivity contribution < 1.29 is 0 Å². The normalized spacial score (nSPS) is 12.6. The first kappa shape index (κ1) is 13.2. The molecule has 1 atom stereocenters. The average Bonchev–Trinajstić information content (AvgIpc) is 2.30. The summed E-state index contributed by atoms with van der Waals surface area (Å²) < 4.78 is 0. The van der Waals surface area contributed by atoms with Gasteiger partial charge in [0.05, 0.1) is 0 Å². The standard InChI is InChI=1S/C15H25N/c1-3-9-14(2)16-13-8-7-12-15-10-5-4-6-11-15/h4-6,10-11,14,16H,3,7-9,12-13H2,1-2H3. The van der Waals surface area contributed by atoms with Gasteiger partial charge in [0.1, 0.15) is 0 Å². The minimum absolute atomic E-state index is 0.682. The molecule has 0 saturated heterocycles. The number of unbranched alkanes of at least 4 members (excludes halogenated alkanes) is 1. The van der Waals surface area contributed by atoms with Gasteiger partial charge in [0.15, 0.2) is 0 Å². The summed E-state index contributed by atoms with van der Waals surface area (Å²) in [5.41, 5.74) is 1.46. The van der Waals surface area contributed by atoms with Gasteiger partial charge >= 0.3 is 0 Å². The molecule has 1 rings (SSSR count). The van der Waals surface area contributed by atoms with Gasteiger partial charge in [-0.3, -0.25) is 0 Å².